The van der Waals surface area contributed by atoms with Crippen LogP contribution in [-0.2, 0) is 16.1 Å². The molecule has 0 aliphatic rings. The lowest BCUT2D eigenvalue weighted by atomic mass is 10.2. The number of thioether (sulfide) groups is 1. The van der Waals surface area contributed by atoms with Crippen molar-refractivity contribution >= 4 is 39.3 Å². The fourth-order valence-corrected chi connectivity index (χ4v) is 3.95. The minimum Gasteiger partial charge on any atom is -0.383 e. The van der Waals surface area contributed by atoms with E-state index in [1.807, 2.05) is 45.9 Å². The maximum atomic E-state index is 12.6. The SMILES string of the molecule is COCCn1c(SC(C)C(=O)Nc2ccc(C)cc2Br)nc(C)c1C. The monoisotopic (exact) mass is 425 g/mol. The van der Waals surface area contributed by atoms with Crippen LogP contribution in [0.1, 0.15) is 23.9 Å². The number of halogens is 1. The summed E-state index contributed by atoms with van der Waals surface area (Å²) in [5.74, 6) is -0.0499. The molecule has 1 unspecified atom stereocenters. The van der Waals surface area contributed by atoms with Gasteiger partial charge in [-0.15, -0.1) is 0 Å². The van der Waals surface area contributed by atoms with Crippen molar-refractivity contribution in [3.63, 3.8) is 0 Å². The zero-order valence-corrected chi connectivity index (χ0v) is 17.6. The van der Waals surface area contributed by atoms with Crippen LogP contribution in [0, 0.1) is 20.8 Å². The first-order chi connectivity index (χ1) is 11.8. The summed E-state index contributed by atoms with van der Waals surface area (Å²) >= 11 is 4.95. The number of aryl methyl sites for hydroxylation is 2. The van der Waals surface area contributed by atoms with Crippen molar-refractivity contribution < 1.29 is 9.53 Å². The molecule has 136 valence electrons. The number of benzene rings is 1. The van der Waals surface area contributed by atoms with Crippen molar-refractivity contribution in [1.29, 1.82) is 0 Å². The number of rotatable bonds is 7. The fraction of sp³-hybridized carbons (Fsp3) is 0.444. The van der Waals surface area contributed by atoms with Crippen LogP contribution in [0.25, 0.3) is 0 Å². The van der Waals surface area contributed by atoms with Crippen molar-refractivity contribution in [2.75, 3.05) is 19.0 Å². The highest BCUT2D eigenvalue weighted by molar-refractivity contribution is 9.10. The highest BCUT2D eigenvalue weighted by Crippen LogP contribution is 2.28. The first kappa shape index (κ1) is 20.0. The van der Waals surface area contributed by atoms with Gasteiger partial charge in [-0.25, -0.2) is 4.98 Å². The Morgan fingerprint density at radius 1 is 1.40 bits per heavy atom. The van der Waals surface area contributed by atoms with E-state index < -0.39 is 0 Å². The first-order valence-corrected chi connectivity index (χ1v) is 9.77. The van der Waals surface area contributed by atoms with Crippen molar-refractivity contribution in [2.24, 2.45) is 0 Å². The number of hydrogen-bond acceptors (Lipinski definition) is 4. The van der Waals surface area contributed by atoms with Gasteiger partial charge in [-0.2, -0.15) is 0 Å². The van der Waals surface area contributed by atoms with Crippen LogP contribution in [0.3, 0.4) is 0 Å². The van der Waals surface area contributed by atoms with Gasteiger partial charge in [-0.1, -0.05) is 17.8 Å². The zero-order chi connectivity index (χ0) is 18.6. The van der Waals surface area contributed by atoms with Gasteiger partial charge in [0.05, 0.1) is 23.2 Å². The highest BCUT2D eigenvalue weighted by atomic mass is 79.9. The molecule has 1 N–H and O–H groups in total. The summed E-state index contributed by atoms with van der Waals surface area (Å²) in [4.78, 5) is 17.2. The molecule has 0 fully saturated rings. The number of hydrogen-bond donors (Lipinski definition) is 1. The third-order valence-corrected chi connectivity index (χ3v) is 5.72. The molecule has 2 rings (SSSR count). The molecule has 0 radical (unpaired) electrons. The topological polar surface area (TPSA) is 56.1 Å². The molecule has 0 aliphatic carbocycles. The Balaban J connectivity index is 2.09. The van der Waals surface area contributed by atoms with E-state index in [1.165, 1.54) is 11.8 Å². The zero-order valence-electron chi connectivity index (χ0n) is 15.2. The second-order valence-electron chi connectivity index (χ2n) is 5.94. The summed E-state index contributed by atoms with van der Waals surface area (Å²) in [7, 11) is 1.68. The minimum absolute atomic E-state index is 0.0499. The third kappa shape index (κ3) is 5.09. The molecule has 1 amide bonds. The molecule has 1 atom stereocenters. The number of ether oxygens (including phenoxy) is 1. The molecule has 5 nitrogen and oxygen atoms in total. The molecule has 1 heterocycles. The molecular weight excluding hydrogens is 402 g/mol. The number of amides is 1. The Hall–Kier alpha value is -1.31. The van der Waals surface area contributed by atoms with Crippen molar-refractivity contribution in [2.45, 2.75) is 44.6 Å². The van der Waals surface area contributed by atoms with Gasteiger partial charge in [0, 0.05) is 23.8 Å². The quantitative estimate of drug-likeness (QED) is 0.670. The lowest BCUT2D eigenvalue weighted by Gasteiger charge is -2.14. The van der Waals surface area contributed by atoms with Crippen LogP contribution in [-0.4, -0.2) is 34.4 Å². The number of carbonyl (C=O) groups is 1. The third-order valence-electron chi connectivity index (χ3n) is 3.98. The Morgan fingerprint density at radius 3 is 2.76 bits per heavy atom. The number of anilines is 1. The largest absolute Gasteiger partial charge is 0.383 e. The predicted octanol–water partition coefficient (Wildman–Crippen LogP) is 4.34. The van der Waals surface area contributed by atoms with E-state index in [4.69, 9.17) is 4.74 Å². The van der Waals surface area contributed by atoms with E-state index in [2.05, 4.69) is 30.8 Å². The van der Waals surface area contributed by atoms with E-state index in [9.17, 15) is 4.79 Å². The number of methoxy groups -OCH3 is 1. The summed E-state index contributed by atoms with van der Waals surface area (Å²) in [6.45, 7) is 9.26. The molecule has 0 bridgehead atoms. The smallest absolute Gasteiger partial charge is 0.237 e. The standard InChI is InChI=1S/C18H24BrN3O2S/c1-11-6-7-16(15(19)10-11)21-17(23)14(4)25-18-20-12(2)13(3)22(18)8-9-24-5/h6-7,10,14H,8-9H2,1-5H3,(H,21,23). The van der Waals surface area contributed by atoms with Crippen LogP contribution in [0.5, 0.6) is 0 Å². The van der Waals surface area contributed by atoms with Crippen LogP contribution in [0.2, 0.25) is 0 Å². The summed E-state index contributed by atoms with van der Waals surface area (Å²) in [6, 6.07) is 5.86. The second-order valence-corrected chi connectivity index (χ2v) is 8.10. The van der Waals surface area contributed by atoms with Crippen molar-refractivity contribution in [3.05, 3.63) is 39.6 Å². The van der Waals surface area contributed by atoms with Crippen LogP contribution >= 0.6 is 27.7 Å². The van der Waals surface area contributed by atoms with Crippen molar-refractivity contribution in [3.8, 4) is 0 Å². The number of nitrogens with one attached hydrogen (secondary N) is 1. The Morgan fingerprint density at radius 2 is 2.12 bits per heavy atom. The number of aromatic nitrogens is 2. The van der Waals surface area contributed by atoms with E-state index in [0.717, 1.165) is 38.8 Å². The normalized spacial score (nSPS) is 12.2. The fourth-order valence-electron chi connectivity index (χ4n) is 2.33. The lowest BCUT2D eigenvalue weighted by molar-refractivity contribution is -0.115. The molecule has 0 aliphatic heterocycles. The Labute approximate surface area is 161 Å². The van der Waals surface area contributed by atoms with Crippen LogP contribution < -0.4 is 5.32 Å². The molecule has 0 saturated heterocycles. The maximum Gasteiger partial charge on any atom is 0.237 e. The van der Waals surface area contributed by atoms with Crippen LogP contribution in [0.15, 0.2) is 27.8 Å². The lowest BCUT2D eigenvalue weighted by Crippen LogP contribution is -2.23. The molecule has 1 aromatic heterocycles. The average molecular weight is 426 g/mol. The van der Waals surface area contributed by atoms with Crippen molar-refractivity contribution in [1.82, 2.24) is 9.55 Å². The summed E-state index contributed by atoms with van der Waals surface area (Å²) in [6.07, 6.45) is 0. The molecule has 1 aromatic carbocycles. The maximum absolute atomic E-state index is 12.6. The number of imidazole rings is 1. The van der Waals surface area contributed by atoms with Gasteiger partial charge in [-0.3, -0.25) is 4.79 Å². The predicted molar refractivity (Wildman–Crippen MR) is 106 cm³/mol. The van der Waals surface area contributed by atoms with Gasteiger partial charge >= 0.3 is 0 Å². The van der Waals surface area contributed by atoms with Crippen LogP contribution in [0.4, 0.5) is 5.69 Å². The van der Waals surface area contributed by atoms with Gasteiger partial charge in [0.15, 0.2) is 5.16 Å². The van der Waals surface area contributed by atoms with Gasteiger partial charge in [-0.05, 0) is 61.3 Å². The average Bonchev–Trinajstić information content (AvgIpc) is 2.82. The number of nitrogens with zero attached hydrogens (tertiary/aromatic N) is 2. The highest BCUT2D eigenvalue weighted by Gasteiger charge is 2.20. The first-order valence-electron chi connectivity index (χ1n) is 8.09. The number of carbonyl (C=O) groups excluding carboxylic acids is 1. The molecule has 2 aromatic rings. The van der Waals surface area contributed by atoms with E-state index >= 15 is 0 Å². The molecule has 25 heavy (non-hydrogen) atoms. The van der Waals surface area contributed by atoms with Gasteiger partial charge in [0.25, 0.3) is 0 Å². The Bertz CT molecular complexity index is 761. The minimum atomic E-state index is -0.268. The van der Waals surface area contributed by atoms with E-state index in [0.29, 0.717) is 6.61 Å². The van der Waals surface area contributed by atoms with E-state index in [1.54, 1.807) is 7.11 Å². The summed E-state index contributed by atoms with van der Waals surface area (Å²) in [5, 5.41) is 3.55. The van der Waals surface area contributed by atoms with Gasteiger partial charge < -0.3 is 14.6 Å². The molecule has 0 spiro atoms. The Kier molecular flexibility index (Phi) is 7.10. The summed E-state index contributed by atoms with van der Waals surface area (Å²) in [5.41, 5.74) is 4.00. The molecule has 0 saturated carbocycles. The second kappa shape index (κ2) is 8.87. The van der Waals surface area contributed by atoms with Gasteiger partial charge in [0.1, 0.15) is 0 Å². The van der Waals surface area contributed by atoms with E-state index in [-0.39, 0.29) is 11.2 Å². The summed E-state index contributed by atoms with van der Waals surface area (Å²) < 4.78 is 8.16. The molecular formula is C18H24BrN3O2S. The van der Waals surface area contributed by atoms with Gasteiger partial charge in [0.2, 0.25) is 5.91 Å². The molecule has 7 heteroatoms.